The average molecular weight is 346 g/mol. The molecule has 0 saturated heterocycles. The van der Waals surface area contributed by atoms with Crippen molar-refractivity contribution in [3.8, 4) is 12.3 Å². The van der Waals surface area contributed by atoms with Crippen LogP contribution < -0.4 is 10.6 Å². The van der Waals surface area contributed by atoms with Crippen LogP contribution in [0.1, 0.15) is 19.8 Å². The van der Waals surface area contributed by atoms with Gasteiger partial charge in [0.15, 0.2) is 5.15 Å². The quantitative estimate of drug-likeness (QED) is 0.435. The number of rotatable bonds is 8. The Kier molecular flexibility index (Phi) is 6.86. The van der Waals surface area contributed by atoms with E-state index >= 15 is 0 Å². The molecule has 5 nitrogen and oxygen atoms in total. The number of amides is 1. The van der Waals surface area contributed by atoms with E-state index in [9.17, 15) is 4.79 Å². The van der Waals surface area contributed by atoms with E-state index in [1.807, 2.05) is 31.2 Å². The first kappa shape index (κ1) is 18.1. The highest BCUT2D eigenvalue weighted by Crippen LogP contribution is 2.35. The van der Waals surface area contributed by atoms with Gasteiger partial charge in [-0.15, -0.1) is 12.3 Å². The third kappa shape index (κ3) is 4.60. The Morgan fingerprint density at radius 2 is 2.17 bits per heavy atom. The van der Waals surface area contributed by atoms with E-state index in [0.717, 1.165) is 23.0 Å². The standard InChI is InChI=1S/C18H20ClN3O2/c1-3-5-8-11-20-16-13-9-6-7-10-14(13)21-18(19)17(16)22-15(23)12-24-4-2/h1,6-7,9-10H,4-5,8,11-12H2,2H3,(H,20,21)(H,22,23). The van der Waals surface area contributed by atoms with Crippen LogP contribution in [0.4, 0.5) is 11.4 Å². The van der Waals surface area contributed by atoms with Crippen LogP contribution in [0.2, 0.25) is 5.15 Å². The van der Waals surface area contributed by atoms with E-state index in [0.29, 0.717) is 25.3 Å². The Labute approximate surface area is 146 Å². The maximum atomic E-state index is 12.0. The molecule has 0 aliphatic heterocycles. The smallest absolute Gasteiger partial charge is 0.250 e. The molecule has 0 unspecified atom stereocenters. The van der Waals surface area contributed by atoms with E-state index in [-0.39, 0.29) is 17.7 Å². The largest absolute Gasteiger partial charge is 0.383 e. The Balaban J connectivity index is 2.34. The second kappa shape index (κ2) is 9.11. The van der Waals surface area contributed by atoms with Gasteiger partial charge in [0.2, 0.25) is 0 Å². The Bertz CT molecular complexity index is 756. The second-order valence-electron chi connectivity index (χ2n) is 5.09. The summed E-state index contributed by atoms with van der Waals surface area (Å²) in [6.45, 7) is 2.93. The molecule has 1 amide bonds. The molecule has 24 heavy (non-hydrogen) atoms. The number of ether oxygens (including phenoxy) is 1. The Hall–Kier alpha value is -2.29. The number of nitrogens with zero attached hydrogens (tertiary/aromatic N) is 1. The minimum absolute atomic E-state index is 0.0316. The summed E-state index contributed by atoms with van der Waals surface area (Å²) in [4.78, 5) is 16.4. The first-order valence-corrected chi connectivity index (χ1v) is 8.18. The molecule has 126 valence electrons. The molecule has 1 aromatic heterocycles. The van der Waals surface area contributed by atoms with Crippen molar-refractivity contribution in [2.75, 3.05) is 30.4 Å². The molecule has 0 radical (unpaired) electrons. The number of halogens is 1. The summed E-state index contributed by atoms with van der Waals surface area (Å²) in [6, 6.07) is 7.61. The number of carbonyl (C=O) groups is 1. The van der Waals surface area contributed by atoms with Crippen LogP contribution in [0.5, 0.6) is 0 Å². The first-order chi connectivity index (χ1) is 11.7. The molecule has 2 N–H and O–H groups in total. The highest BCUT2D eigenvalue weighted by atomic mass is 35.5. The molecule has 2 rings (SSSR count). The third-order valence-electron chi connectivity index (χ3n) is 3.35. The van der Waals surface area contributed by atoms with Crippen molar-refractivity contribution in [3.63, 3.8) is 0 Å². The lowest BCUT2D eigenvalue weighted by Crippen LogP contribution is -2.20. The molecule has 6 heteroatoms. The van der Waals surface area contributed by atoms with Gasteiger partial charge in [-0.1, -0.05) is 29.8 Å². The number of aromatic nitrogens is 1. The van der Waals surface area contributed by atoms with E-state index in [1.165, 1.54) is 0 Å². The van der Waals surface area contributed by atoms with Gasteiger partial charge in [-0.05, 0) is 19.4 Å². The number of carbonyl (C=O) groups excluding carboxylic acids is 1. The van der Waals surface area contributed by atoms with Crippen LogP contribution >= 0.6 is 11.6 Å². The fourth-order valence-electron chi connectivity index (χ4n) is 2.25. The summed E-state index contributed by atoms with van der Waals surface area (Å²) in [6.07, 6.45) is 6.78. The predicted molar refractivity (Wildman–Crippen MR) is 98.4 cm³/mol. The van der Waals surface area contributed by atoms with Gasteiger partial charge < -0.3 is 15.4 Å². The number of para-hydroxylation sites is 1. The van der Waals surface area contributed by atoms with Crippen molar-refractivity contribution < 1.29 is 9.53 Å². The lowest BCUT2D eigenvalue weighted by molar-refractivity contribution is -0.120. The zero-order chi connectivity index (χ0) is 17.4. The summed E-state index contributed by atoms with van der Waals surface area (Å²) in [7, 11) is 0. The maximum absolute atomic E-state index is 12.0. The molecule has 2 aromatic rings. The zero-order valence-corrected chi connectivity index (χ0v) is 14.3. The maximum Gasteiger partial charge on any atom is 0.250 e. The van der Waals surface area contributed by atoms with E-state index in [2.05, 4.69) is 21.5 Å². The normalized spacial score (nSPS) is 10.4. The molecule has 0 saturated carbocycles. The molecule has 1 aromatic carbocycles. The van der Waals surface area contributed by atoms with Crippen LogP contribution in [0, 0.1) is 12.3 Å². The monoisotopic (exact) mass is 345 g/mol. The number of benzene rings is 1. The van der Waals surface area contributed by atoms with Crippen molar-refractivity contribution in [3.05, 3.63) is 29.4 Å². The molecule has 0 aliphatic rings. The van der Waals surface area contributed by atoms with Crippen LogP contribution in [-0.4, -0.2) is 30.6 Å². The molecule has 0 spiro atoms. The van der Waals surface area contributed by atoms with Crippen LogP contribution in [0.25, 0.3) is 10.9 Å². The highest BCUT2D eigenvalue weighted by Gasteiger charge is 2.16. The van der Waals surface area contributed by atoms with Crippen LogP contribution in [0.3, 0.4) is 0 Å². The average Bonchev–Trinajstić information content (AvgIpc) is 2.59. The fraction of sp³-hybridized carbons (Fsp3) is 0.333. The van der Waals surface area contributed by atoms with Gasteiger partial charge in [-0.3, -0.25) is 4.79 Å². The Morgan fingerprint density at radius 1 is 1.38 bits per heavy atom. The summed E-state index contributed by atoms with van der Waals surface area (Å²) in [5.74, 6) is 2.33. The van der Waals surface area contributed by atoms with Gasteiger partial charge in [-0.25, -0.2) is 4.98 Å². The van der Waals surface area contributed by atoms with E-state index in [4.69, 9.17) is 22.8 Å². The van der Waals surface area contributed by atoms with Gasteiger partial charge in [-0.2, -0.15) is 0 Å². The molecular formula is C18H20ClN3O2. The first-order valence-electron chi connectivity index (χ1n) is 7.80. The van der Waals surface area contributed by atoms with Crippen molar-refractivity contribution >= 4 is 39.8 Å². The predicted octanol–water partition coefficient (Wildman–Crippen LogP) is 3.69. The Morgan fingerprint density at radius 3 is 2.92 bits per heavy atom. The van der Waals surface area contributed by atoms with Crippen LogP contribution in [-0.2, 0) is 9.53 Å². The number of hydrogen-bond acceptors (Lipinski definition) is 4. The highest BCUT2D eigenvalue weighted by molar-refractivity contribution is 6.34. The van der Waals surface area contributed by atoms with Crippen LogP contribution in [0.15, 0.2) is 24.3 Å². The summed E-state index contributed by atoms with van der Waals surface area (Å²) >= 11 is 6.29. The van der Waals surface area contributed by atoms with E-state index < -0.39 is 0 Å². The summed E-state index contributed by atoms with van der Waals surface area (Å²) in [5, 5.41) is 7.22. The molecule has 0 atom stereocenters. The lowest BCUT2D eigenvalue weighted by Gasteiger charge is -2.16. The summed E-state index contributed by atoms with van der Waals surface area (Å²) < 4.78 is 5.13. The topological polar surface area (TPSA) is 63.2 Å². The van der Waals surface area contributed by atoms with Crippen molar-refractivity contribution in [2.45, 2.75) is 19.8 Å². The fourth-order valence-corrected chi connectivity index (χ4v) is 2.49. The zero-order valence-electron chi connectivity index (χ0n) is 13.6. The van der Waals surface area contributed by atoms with E-state index in [1.54, 1.807) is 0 Å². The van der Waals surface area contributed by atoms with Crippen molar-refractivity contribution in [1.29, 1.82) is 0 Å². The van der Waals surface area contributed by atoms with Crippen molar-refractivity contribution in [1.82, 2.24) is 4.98 Å². The molecule has 0 fully saturated rings. The minimum atomic E-state index is -0.275. The molecule has 0 aliphatic carbocycles. The SMILES string of the molecule is C#CCCCNc1c(NC(=O)COCC)c(Cl)nc2ccccc12. The van der Waals surface area contributed by atoms with Gasteiger partial charge in [0, 0.05) is 25.0 Å². The van der Waals surface area contributed by atoms with Crippen molar-refractivity contribution in [2.24, 2.45) is 0 Å². The summed E-state index contributed by atoms with van der Waals surface area (Å²) in [5.41, 5.74) is 1.96. The third-order valence-corrected chi connectivity index (χ3v) is 3.62. The van der Waals surface area contributed by atoms with Gasteiger partial charge in [0.05, 0.1) is 11.2 Å². The number of terminal acetylenes is 1. The lowest BCUT2D eigenvalue weighted by atomic mass is 10.1. The number of fused-ring (bicyclic) bond motifs is 1. The number of pyridine rings is 1. The number of unbranched alkanes of at least 4 members (excludes halogenated alkanes) is 1. The number of hydrogen-bond donors (Lipinski definition) is 2. The molecular weight excluding hydrogens is 326 g/mol. The minimum Gasteiger partial charge on any atom is -0.383 e. The second-order valence-corrected chi connectivity index (χ2v) is 5.45. The molecule has 1 heterocycles. The number of anilines is 2. The van der Waals surface area contributed by atoms with Gasteiger partial charge >= 0.3 is 0 Å². The number of nitrogens with one attached hydrogen (secondary N) is 2. The molecule has 0 bridgehead atoms. The van der Waals surface area contributed by atoms with Gasteiger partial charge in [0.1, 0.15) is 12.3 Å². The van der Waals surface area contributed by atoms with Gasteiger partial charge in [0.25, 0.3) is 5.91 Å².